The molecule has 0 saturated heterocycles. The van der Waals surface area contributed by atoms with E-state index in [0.29, 0.717) is 11.4 Å². The Morgan fingerprint density at radius 2 is 2.25 bits per heavy atom. The van der Waals surface area contributed by atoms with Gasteiger partial charge in [-0.25, -0.2) is 4.98 Å². The molecule has 0 saturated carbocycles. The second kappa shape index (κ2) is 5.39. The number of rotatable bonds is 3. The summed E-state index contributed by atoms with van der Waals surface area (Å²) in [5, 5.41) is 11.5. The molecule has 1 amide bonds. The first-order valence-electron chi connectivity index (χ1n) is 5.74. The molecule has 0 aliphatic rings. The fourth-order valence-corrected chi connectivity index (χ4v) is 1.73. The smallest absolute Gasteiger partial charge is 0.276 e. The van der Waals surface area contributed by atoms with Crippen molar-refractivity contribution in [3.63, 3.8) is 0 Å². The maximum atomic E-state index is 12.4. The van der Waals surface area contributed by atoms with Crippen LogP contribution in [0.2, 0.25) is 0 Å². The predicted octanol–water partition coefficient (Wildman–Crippen LogP) is 0.186. The molecule has 20 heavy (non-hydrogen) atoms. The maximum Gasteiger partial charge on any atom is 0.276 e. The number of nitrogens with zero attached hydrogens (tertiary/aromatic N) is 5. The fourth-order valence-electron chi connectivity index (χ4n) is 1.73. The van der Waals surface area contributed by atoms with Crippen molar-refractivity contribution < 1.29 is 10.0 Å². The van der Waals surface area contributed by atoms with Crippen molar-refractivity contribution in [3.8, 4) is 0 Å². The van der Waals surface area contributed by atoms with Crippen LogP contribution in [0.15, 0.2) is 35.9 Å². The molecule has 0 spiro atoms. The average molecular weight is 274 g/mol. The Morgan fingerprint density at radius 1 is 1.50 bits per heavy atom. The summed E-state index contributed by atoms with van der Waals surface area (Å²) in [6.45, 7) is 0. The van der Waals surface area contributed by atoms with E-state index in [1.54, 1.807) is 38.6 Å². The van der Waals surface area contributed by atoms with Crippen molar-refractivity contribution >= 4 is 17.4 Å². The number of amides is 1. The van der Waals surface area contributed by atoms with E-state index in [9.17, 15) is 4.79 Å². The second-order valence-corrected chi connectivity index (χ2v) is 4.09. The molecule has 2 aromatic heterocycles. The third kappa shape index (κ3) is 2.30. The predicted molar refractivity (Wildman–Crippen MR) is 72.7 cm³/mol. The zero-order chi connectivity index (χ0) is 14.7. The first-order valence-corrected chi connectivity index (χ1v) is 5.74. The van der Waals surface area contributed by atoms with Gasteiger partial charge in [-0.15, -0.1) is 0 Å². The highest BCUT2D eigenvalue weighted by Crippen LogP contribution is 2.14. The molecular formula is C12H14N6O2. The van der Waals surface area contributed by atoms with Crippen molar-refractivity contribution in [3.05, 3.63) is 42.2 Å². The molecule has 8 nitrogen and oxygen atoms in total. The van der Waals surface area contributed by atoms with Crippen LogP contribution < -0.4 is 10.6 Å². The lowest BCUT2D eigenvalue weighted by Crippen LogP contribution is -2.29. The summed E-state index contributed by atoms with van der Waals surface area (Å²) < 4.78 is 1.46. The van der Waals surface area contributed by atoms with E-state index in [4.69, 9.17) is 10.9 Å². The number of aromatic nitrogens is 3. The van der Waals surface area contributed by atoms with Crippen LogP contribution in [0.1, 0.15) is 16.3 Å². The third-order valence-corrected chi connectivity index (χ3v) is 2.88. The van der Waals surface area contributed by atoms with Crippen LogP contribution in [0.25, 0.3) is 0 Å². The van der Waals surface area contributed by atoms with Crippen molar-refractivity contribution in [2.75, 3.05) is 11.9 Å². The number of anilines is 1. The highest BCUT2D eigenvalue weighted by Gasteiger charge is 2.20. The van der Waals surface area contributed by atoms with Gasteiger partial charge in [-0.3, -0.25) is 9.78 Å². The molecule has 0 aliphatic heterocycles. The minimum atomic E-state index is -0.273. The van der Waals surface area contributed by atoms with Gasteiger partial charge in [0.1, 0.15) is 5.69 Å². The summed E-state index contributed by atoms with van der Waals surface area (Å²) >= 11 is 0. The van der Waals surface area contributed by atoms with E-state index >= 15 is 0 Å². The standard InChI is InChI=1S/C12H14N6O2/c1-17(8-4-3-5-14-6-8)12(19)9-7-15-11(18(9)2)10(13)16-20/h3-7,20H,1-2H3,(H2,13,16). The first kappa shape index (κ1) is 13.5. The van der Waals surface area contributed by atoms with Crippen LogP contribution in [0.5, 0.6) is 0 Å². The summed E-state index contributed by atoms with van der Waals surface area (Å²) in [7, 11) is 3.25. The number of hydrogen-bond acceptors (Lipinski definition) is 5. The largest absolute Gasteiger partial charge is 0.409 e. The molecule has 0 radical (unpaired) electrons. The summed E-state index contributed by atoms with van der Waals surface area (Å²) in [6, 6.07) is 3.51. The number of carbonyl (C=O) groups is 1. The zero-order valence-corrected chi connectivity index (χ0v) is 11.1. The monoisotopic (exact) mass is 274 g/mol. The normalized spacial score (nSPS) is 11.4. The number of amidine groups is 1. The van der Waals surface area contributed by atoms with Gasteiger partial charge in [-0.2, -0.15) is 0 Å². The summed E-state index contributed by atoms with van der Waals surface area (Å²) in [5.74, 6) is -0.212. The number of pyridine rings is 1. The lowest BCUT2D eigenvalue weighted by atomic mass is 10.3. The van der Waals surface area contributed by atoms with E-state index in [1.807, 2.05) is 0 Å². The average Bonchev–Trinajstić information content (AvgIpc) is 2.87. The van der Waals surface area contributed by atoms with Crippen LogP contribution in [0.4, 0.5) is 5.69 Å². The summed E-state index contributed by atoms with van der Waals surface area (Å²) in [4.78, 5) is 21.8. The number of imidazole rings is 1. The van der Waals surface area contributed by atoms with Crippen LogP contribution >= 0.6 is 0 Å². The quantitative estimate of drug-likeness (QED) is 0.359. The lowest BCUT2D eigenvalue weighted by molar-refractivity contribution is 0.0985. The van der Waals surface area contributed by atoms with Gasteiger partial charge in [0, 0.05) is 20.3 Å². The minimum Gasteiger partial charge on any atom is -0.409 e. The van der Waals surface area contributed by atoms with Crippen LogP contribution in [-0.4, -0.2) is 38.5 Å². The number of oxime groups is 1. The van der Waals surface area contributed by atoms with Gasteiger partial charge in [0.15, 0.2) is 5.82 Å². The van der Waals surface area contributed by atoms with Gasteiger partial charge in [0.2, 0.25) is 5.84 Å². The van der Waals surface area contributed by atoms with E-state index in [2.05, 4.69) is 15.1 Å². The zero-order valence-electron chi connectivity index (χ0n) is 11.1. The Balaban J connectivity index is 2.33. The van der Waals surface area contributed by atoms with Crippen molar-refractivity contribution in [2.24, 2.45) is 17.9 Å². The minimum absolute atomic E-state index is 0.157. The molecule has 104 valence electrons. The number of hydrogen-bond donors (Lipinski definition) is 2. The Morgan fingerprint density at radius 3 is 2.85 bits per heavy atom. The molecule has 0 bridgehead atoms. The van der Waals surface area contributed by atoms with Gasteiger partial charge >= 0.3 is 0 Å². The first-order chi connectivity index (χ1) is 9.56. The van der Waals surface area contributed by atoms with Gasteiger partial charge in [-0.05, 0) is 12.1 Å². The number of carbonyl (C=O) groups excluding carboxylic acids is 1. The Kier molecular flexibility index (Phi) is 3.65. The van der Waals surface area contributed by atoms with Gasteiger partial charge in [-0.1, -0.05) is 5.16 Å². The SMILES string of the molecule is CN(C(=O)c1cnc(/C(N)=N/O)n1C)c1cccnc1. The van der Waals surface area contributed by atoms with E-state index in [1.165, 1.54) is 15.7 Å². The fraction of sp³-hybridized carbons (Fsp3) is 0.167. The summed E-state index contributed by atoms with van der Waals surface area (Å²) in [6.07, 6.45) is 4.59. The molecular weight excluding hydrogens is 260 g/mol. The van der Waals surface area contributed by atoms with Gasteiger partial charge < -0.3 is 20.4 Å². The van der Waals surface area contributed by atoms with Crippen molar-refractivity contribution in [2.45, 2.75) is 0 Å². The highest BCUT2D eigenvalue weighted by molar-refractivity contribution is 6.05. The topological polar surface area (TPSA) is 110 Å². The molecule has 2 aromatic rings. The van der Waals surface area contributed by atoms with E-state index < -0.39 is 0 Å². The summed E-state index contributed by atoms with van der Waals surface area (Å²) in [5.41, 5.74) is 6.45. The molecule has 0 aromatic carbocycles. The molecule has 2 heterocycles. The second-order valence-electron chi connectivity index (χ2n) is 4.09. The van der Waals surface area contributed by atoms with Crippen molar-refractivity contribution in [1.82, 2.24) is 14.5 Å². The van der Waals surface area contributed by atoms with E-state index in [0.717, 1.165) is 0 Å². The van der Waals surface area contributed by atoms with E-state index in [-0.39, 0.29) is 17.6 Å². The van der Waals surface area contributed by atoms with Crippen LogP contribution in [0, 0.1) is 0 Å². The Hall–Kier alpha value is -2.90. The molecule has 0 fully saturated rings. The number of nitrogens with two attached hydrogens (primary N) is 1. The molecule has 3 N–H and O–H groups in total. The van der Waals surface area contributed by atoms with Crippen LogP contribution in [0.3, 0.4) is 0 Å². The maximum absolute atomic E-state index is 12.4. The molecule has 8 heteroatoms. The highest BCUT2D eigenvalue weighted by atomic mass is 16.4. The molecule has 0 aliphatic carbocycles. The Bertz CT molecular complexity index is 649. The Labute approximate surface area is 115 Å². The van der Waals surface area contributed by atoms with Crippen LogP contribution in [-0.2, 0) is 7.05 Å². The molecule has 0 unspecified atom stereocenters. The lowest BCUT2D eigenvalue weighted by Gasteiger charge is -2.16. The van der Waals surface area contributed by atoms with Gasteiger partial charge in [0.05, 0.1) is 18.1 Å². The molecule has 0 atom stereocenters. The third-order valence-electron chi connectivity index (χ3n) is 2.88. The molecule has 2 rings (SSSR count). The van der Waals surface area contributed by atoms with Crippen molar-refractivity contribution in [1.29, 1.82) is 0 Å². The van der Waals surface area contributed by atoms with Gasteiger partial charge in [0.25, 0.3) is 5.91 Å².